The number of esters is 1. The lowest BCUT2D eigenvalue weighted by Crippen LogP contribution is -2.39. The van der Waals surface area contributed by atoms with Crippen LogP contribution in [0.3, 0.4) is 0 Å². The van der Waals surface area contributed by atoms with Crippen molar-refractivity contribution in [2.24, 2.45) is 11.7 Å². The van der Waals surface area contributed by atoms with Crippen LogP contribution >= 0.6 is 0 Å². The summed E-state index contributed by atoms with van der Waals surface area (Å²) in [6.07, 6.45) is -0.0887. The molecule has 0 fully saturated rings. The van der Waals surface area contributed by atoms with Gasteiger partial charge in [-0.1, -0.05) is 20.3 Å². The molecule has 0 heterocycles. The van der Waals surface area contributed by atoms with Crippen LogP contribution in [0.5, 0.6) is 0 Å². The molecule has 0 unspecified atom stereocenters. The molecule has 0 aliphatic rings. The summed E-state index contributed by atoms with van der Waals surface area (Å²) >= 11 is 0. The number of ether oxygens (including phenoxy) is 2. The van der Waals surface area contributed by atoms with Crippen molar-refractivity contribution in [3.05, 3.63) is 0 Å². The van der Waals surface area contributed by atoms with Crippen LogP contribution in [0.2, 0.25) is 0 Å². The number of rotatable bonds is 6. The highest BCUT2D eigenvalue weighted by Crippen LogP contribution is 2.07. The average Bonchev–Trinajstić information content (AvgIpc) is 2.15. The minimum absolute atomic E-state index is 0.0472. The van der Waals surface area contributed by atoms with Gasteiger partial charge in [-0.3, -0.25) is 9.59 Å². The molecule has 0 aliphatic heterocycles. The SMILES string of the molecule is CC[C@H](C)[C@H](N)C(=O)O[C@H](C)OC=O. The van der Waals surface area contributed by atoms with Gasteiger partial charge in [-0.2, -0.15) is 0 Å². The first-order valence-corrected chi connectivity index (χ1v) is 4.58. The van der Waals surface area contributed by atoms with Gasteiger partial charge in [-0.05, 0) is 5.92 Å². The molecule has 5 nitrogen and oxygen atoms in total. The van der Waals surface area contributed by atoms with E-state index in [-0.39, 0.29) is 12.4 Å². The van der Waals surface area contributed by atoms with E-state index >= 15 is 0 Å². The van der Waals surface area contributed by atoms with Gasteiger partial charge in [-0.25, -0.2) is 0 Å². The maximum absolute atomic E-state index is 11.3. The van der Waals surface area contributed by atoms with E-state index in [2.05, 4.69) is 4.74 Å². The Labute approximate surface area is 83.5 Å². The van der Waals surface area contributed by atoms with Gasteiger partial charge in [0.2, 0.25) is 6.29 Å². The van der Waals surface area contributed by atoms with E-state index in [1.165, 1.54) is 6.92 Å². The van der Waals surface area contributed by atoms with E-state index in [0.29, 0.717) is 0 Å². The second-order valence-electron chi connectivity index (χ2n) is 3.15. The number of hydrogen-bond donors (Lipinski definition) is 1. The van der Waals surface area contributed by atoms with Crippen LogP contribution in [-0.4, -0.2) is 24.8 Å². The quantitative estimate of drug-likeness (QED) is 0.384. The Balaban J connectivity index is 4.00. The van der Waals surface area contributed by atoms with Gasteiger partial charge in [0, 0.05) is 6.92 Å². The van der Waals surface area contributed by atoms with Gasteiger partial charge >= 0.3 is 5.97 Å². The molecule has 2 N–H and O–H groups in total. The molecule has 0 amide bonds. The minimum atomic E-state index is -0.880. The van der Waals surface area contributed by atoms with Crippen molar-refractivity contribution in [2.75, 3.05) is 0 Å². The summed E-state index contributed by atoms with van der Waals surface area (Å²) in [4.78, 5) is 21.2. The van der Waals surface area contributed by atoms with Crippen molar-refractivity contribution >= 4 is 12.4 Å². The molecule has 0 rings (SSSR count). The monoisotopic (exact) mass is 203 g/mol. The molecule has 0 aromatic rings. The number of hydrogen-bond acceptors (Lipinski definition) is 5. The van der Waals surface area contributed by atoms with E-state index in [9.17, 15) is 9.59 Å². The number of carbonyl (C=O) groups excluding carboxylic acids is 2. The molecule has 0 radical (unpaired) electrons. The van der Waals surface area contributed by atoms with E-state index < -0.39 is 18.3 Å². The molecule has 0 aromatic heterocycles. The van der Waals surface area contributed by atoms with Crippen molar-refractivity contribution in [2.45, 2.75) is 39.5 Å². The van der Waals surface area contributed by atoms with E-state index in [4.69, 9.17) is 10.5 Å². The second-order valence-corrected chi connectivity index (χ2v) is 3.15. The highest BCUT2D eigenvalue weighted by atomic mass is 16.7. The maximum atomic E-state index is 11.3. The summed E-state index contributed by atoms with van der Waals surface area (Å²) in [7, 11) is 0. The van der Waals surface area contributed by atoms with Gasteiger partial charge in [0.15, 0.2) is 0 Å². The topological polar surface area (TPSA) is 78.6 Å². The Morgan fingerprint density at radius 3 is 2.50 bits per heavy atom. The third kappa shape index (κ3) is 4.23. The van der Waals surface area contributed by atoms with E-state index in [1.54, 1.807) is 0 Å². The average molecular weight is 203 g/mol. The second kappa shape index (κ2) is 6.37. The first kappa shape index (κ1) is 12.9. The van der Waals surface area contributed by atoms with Crippen LogP contribution in [0.1, 0.15) is 27.2 Å². The fourth-order valence-electron chi connectivity index (χ4n) is 0.834. The molecule has 82 valence electrons. The highest BCUT2D eigenvalue weighted by molar-refractivity contribution is 5.75. The van der Waals surface area contributed by atoms with Gasteiger partial charge in [0.05, 0.1) is 0 Å². The lowest BCUT2D eigenvalue weighted by Gasteiger charge is -2.18. The Morgan fingerprint density at radius 2 is 2.07 bits per heavy atom. The van der Waals surface area contributed by atoms with Gasteiger partial charge in [-0.15, -0.1) is 0 Å². The van der Waals surface area contributed by atoms with Crippen LogP contribution in [0.15, 0.2) is 0 Å². The Hall–Kier alpha value is -1.10. The highest BCUT2D eigenvalue weighted by Gasteiger charge is 2.22. The standard InChI is InChI=1S/C9H17NO4/c1-4-6(2)8(10)9(12)14-7(3)13-5-11/h5-8H,4,10H2,1-3H3/t6-,7+,8-/m0/s1. The third-order valence-corrected chi connectivity index (χ3v) is 2.06. The summed E-state index contributed by atoms with van der Waals surface area (Å²) in [5, 5.41) is 0. The number of nitrogens with two attached hydrogens (primary N) is 1. The molecule has 5 heteroatoms. The third-order valence-electron chi connectivity index (χ3n) is 2.06. The van der Waals surface area contributed by atoms with Crippen molar-refractivity contribution in [1.82, 2.24) is 0 Å². The fourth-order valence-corrected chi connectivity index (χ4v) is 0.834. The van der Waals surface area contributed by atoms with E-state index in [0.717, 1.165) is 6.42 Å². The smallest absolute Gasteiger partial charge is 0.326 e. The molecule has 0 saturated carbocycles. The zero-order valence-corrected chi connectivity index (χ0v) is 8.73. The molecule has 0 bridgehead atoms. The van der Waals surface area contributed by atoms with Crippen LogP contribution in [0.4, 0.5) is 0 Å². The lowest BCUT2D eigenvalue weighted by atomic mass is 10.0. The fraction of sp³-hybridized carbons (Fsp3) is 0.778. The first-order chi connectivity index (χ1) is 6.52. The van der Waals surface area contributed by atoms with Gasteiger partial charge < -0.3 is 15.2 Å². The van der Waals surface area contributed by atoms with Crippen LogP contribution in [0.25, 0.3) is 0 Å². The molecule has 0 spiro atoms. The molecule has 0 saturated heterocycles. The largest absolute Gasteiger partial charge is 0.428 e. The first-order valence-electron chi connectivity index (χ1n) is 4.58. The predicted molar refractivity (Wildman–Crippen MR) is 50.1 cm³/mol. The molecule has 0 aromatic carbocycles. The normalized spacial score (nSPS) is 16.6. The van der Waals surface area contributed by atoms with Crippen LogP contribution in [0, 0.1) is 5.92 Å². The molecule has 0 aliphatic carbocycles. The van der Waals surface area contributed by atoms with Crippen molar-refractivity contribution in [3.63, 3.8) is 0 Å². The lowest BCUT2D eigenvalue weighted by molar-refractivity contribution is -0.178. The van der Waals surface area contributed by atoms with Crippen molar-refractivity contribution < 1.29 is 19.1 Å². The summed E-state index contributed by atoms with van der Waals surface area (Å²) in [5.41, 5.74) is 5.60. The van der Waals surface area contributed by atoms with Crippen molar-refractivity contribution in [3.8, 4) is 0 Å². The van der Waals surface area contributed by atoms with Crippen LogP contribution < -0.4 is 5.73 Å². The van der Waals surface area contributed by atoms with E-state index in [1.807, 2.05) is 13.8 Å². The maximum Gasteiger partial charge on any atom is 0.326 e. The summed E-state index contributed by atoms with van der Waals surface area (Å²) < 4.78 is 9.15. The number of carbonyl (C=O) groups is 2. The molecular weight excluding hydrogens is 186 g/mol. The zero-order chi connectivity index (χ0) is 11.1. The summed E-state index contributed by atoms with van der Waals surface area (Å²) in [5.74, 6) is -0.500. The molecule has 3 atom stereocenters. The minimum Gasteiger partial charge on any atom is -0.428 e. The molecule has 14 heavy (non-hydrogen) atoms. The van der Waals surface area contributed by atoms with Crippen molar-refractivity contribution in [1.29, 1.82) is 0 Å². The Kier molecular flexibility index (Phi) is 5.87. The molecular formula is C9H17NO4. The zero-order valence-electron chi connectivity index (χ0n) is 8.73. The Morgan fingerprint density at radius 1 is 1.50 bits per heavy atom. The van der Waals surface area contributed by atoms with Gasteiger partial charge in [0.25, 0.3) is 6.47 Å². The Bertz CT molecular complexity index is 195. The van der Waals surface area contributed by atoms with Crippen LogP contribution in [-0.2, 0) is 19.1 Å². The van der Waals surface area contributed by atoms with Gasteiger partial charge in [0.1, 0.15) is 6.04 Å². The summed E-state index contributed by atoms with van der Waals surface area (Å²) in [6, 6.07) is -0.669. The summed E-state index contributed by atoms with van der Waals surface area (Å²) in [6.45, 7) is 5.47. The predicted octanol–water partition coefficient (Wildman–Crippen LogP) is 0.422.